The van der Waals surface area contributed by atoms with E-state index in [1.54, 1.807) is 7.11 Å². The SMILES string of the molecule is CNc1nc2cc(OC)ccc2cc1Cn1ccnc1C. The molecule has 0 aliphatic carbocycles. The first-order chi connectivity index (χ1) is 10.2. The van der Waals surface area contributed by atoms with Crippen LogP contribution in [0.4, 0.5) is 5.82 Å². The Kier molecular flexibility index (Phi) is 3.48. The zero-order chi connectivity index (χ0) is 14.8. The number of nitrogens with zero attached hydrogens (tertiary/aromatic N) is 3. The molecule has 1 aromatic carbocycles. The molecule has 2 heterocycles. The number of pyridine rings is 1. The molecule has 1 N–H and O–H groups in total. The highest BCUT2D eigenvalue weighted by molar-refractivity contribution is 5.83. The van der Waals surface area contributed by atoms with E-state index in [-0.39, 0.29) is 0 Å². The Balaban J connectivity index is 2.07. The Bertz CT molecular complexity index is 779. The molecule has 0 atom stereocenters. The maximum atomic E-state index is 5.25. The zero-order valence-corrected chi connectivity index (χ0v) is 12.4. The number of hydrogen-bond donors (Lipinski definition) is 1. The van der Waals surface area contributed by atoms with Crippen molar-refractivity contribution in [3.05, 3.63) is 48.0 Å². The minimum Gasteiger partial charge on any atom is -0.497 e. The summed E-state index contributed by atoms with van der Waals surface area (Å²) >= 11 is 0. The number of aromatic nitrogens is 3. The van der Waals surface area contributed by atoms with Crippen LogP contribution >= 0.6 is 0 Å². The van der Waals surface area contributed by atoms with Gasteiger partial charge in [-0.3, -0.25) is 0 Å². The van der Waals surface area contributed by atoms with Crippen molar-refractivity contribution < 1.29 is 4.74 Å². The highest BCUT2D eigenvalue weighted by atomic mass is 16.5. The molecule has 108 valence electrons. The fourth-order valence-corrected chi connectivity index (χ4v) is 2.41. The first-order valence-electron chi connectivity index (χ1n) is 6.84. The molecule has 0 fully saturated rings. The monoisotopic (exact) mass is 282 g/mol. The van der Waals surface area contributed by atoms with Crippen LogP contribution < -0.4 is 10.1 Å². The van der Waals surface area contributed by atoms with E-state index in [0.717, 1.165) is 40.4 Å². The molecule has 0 spiro atoms. The lowest BCUT2D eigenvalue weighted by atomic mass is 10.1. The van der Waals surface area contributed by atoms with E-state index in [2.05, 4.69) is 25.9 Å². The van der Waals surface area contributed by atoms with Crippen LogP contribution in [-0.4, -0.2) is 28.7 Å². The van der Waals surface area contributed by atoms with E-state index in [1.807, 2.05) is 44.6 Å². The summed E-state index contributed by atoms with van der Waals surface area (Å²) in [6.45, 7) is 2.75. The number of rotatable bonds is 4. The highest BCUT2D eigenvalue weighted by Crippen LogP contribution is 2.24. The summed E-state index contributed by atoms with van der Waals surface area (Å²) in [5.41, 5.74) is 2.06. The van der Waals surface area contributed by atoms with Crippen LogP contribution in [0.15, 0.2) is 36.7 Å². The predicted octanol–water partition coefficient (Wildman–Crippen LogP) is 2.84. The van der Waals surface area contributed by atoms with Crippen LogP contribution in [0.5, 0.6) is 5.75 Å². The van der Waals surface area contributed by atoms with Crippen LogP contribution in [0.3, 0.4) is 0 Å². The summed E-state index contributed by atoms with van der Waals surface area (Å²) in [6.07, 6.45) is 3.79. The number of aryl methyl sites for hydroxylation is 1. The highest BCUT2D eigenvalue weighted by Gasteiger charge is 2.08. The van der Waals surface area contributed by atoms with Crippen LogP contribution in [0.25, 0.3) is 10.9 Å². The summed E-state index contributed by atoms with van der Waals surface area (Å²) in [5, 5.41) is 4.27. The second-order valence-corrected chi connectivity index (χ2v) is 4.91. The second kappa shape index (κ2) is 5.44. The Hall–Kier alpha value is -2.56. The average Bonchev–Trinajstić information content (AvgIpc) is 2.91. The largest absolute Gasteiger partial charge is 0.497 e. The first-order valence-corrected chi connectivity index (χ1v) is 6.84. The number of ether oxygens (including phenoxy) is 1. The van der Waals surface area contributed by atoms with Gasteiger partial charge in [0, 0.05) is 36.5 Å². The Labute approximate surface area is 123 Å². The Morgan fingerprint density at radius 3 is 2.81 bits per heavy atom. The van der Waals surface area contributed by atoms with Crippen molar-refractivity contribution >= 4 is 16.7 Å². The molecule has 0 bridgehead atoms. The summed E-state index contributed by atoms with van der Waals surface area (Å²) in [4.78, 5) is 8.95. The van der Waals surface area contributed by atoms with Gasteiger partial charge in [-0.05, 0) is 25.1 Å². The van der Waals surface area contributed by atoms with E-state index in [9.17, 15) is 0 Å². The third-order valence-electron chi connectivity index (χ3n) is 3.60. The number of methoxy groups -OCH3 is 1. The van der Waals surface area contributed by atoms with Gasteiger partial charge in [-0.25, -0.2) is 9.97 Å². The molecule has 21 heavy (non-hydrogen) atoms. The van der Waals surface area contributed by atoms with Crippen molar-refractivity contribution in [1.29, 1.82) is 0 Å². The molecule has 5 heteroatoms. The number of imidazole rings is 1. The van der Waals surface area contributed by atoms with Crippen LogP contribution in [0.1, 0.15) is 11.4 Å². The summed E-state index contributed by atoms with van der Waals surface area (Å²) in [5.74, 6) is 2.69. The standard InChI is InChI=1S/C16H18N4O/c1-11-18-6-7-20(11)10-13-8-12-4-5-14(21-3)9-15(12)19-16(13)17-2/h4-9H,10H2,1-3H3,(H,17,19). The van der Waals surface area contributed by atoms with Crippen molar-refractivity contribution in [3.63, 3.8) is 0 Å². The first kappa shape index (κ1) is 13.4. The maximum absolute atomic E-state index is 5.25. The molecule has 0 aliphatic rings. The quantitative estimate of drug-likeness (QED) is 0.799. The lowest BCUT2D eigenvalue weighted by molar-refractivity contribution is 0.415. The molecule has 2 aromatic heterocycles. The van der Waals surface area contributed by atoms with Gasteiger partial charge in [-0.15, -0.1) is 0 Å². The third-order valence-corrected chi connectivity index (χ3v) is 3.60. The predicted molar refractivity (Wildman–Crippen MR) is 83.9 cm³/mol. The average molecular weight is 282 g/mol. The Morgan fingerprint density at radius 2 is 2.14 bits per heavy atom. The molecule has 3 aromatic rings. The maximum Gasteiger partial charge on any atom is 0.131 e. The molecule has 0 radical (unpaired) electrons. The number of fused-ring (bicyclic) bond motifs is 1. The summed E-state index contributed by atoms with van der Waals surface area (Å²) < 4.78 is 7.36. The molecule has 0 amide bonds. The molecule has 3 rings (SSSR count). The van der Waals surface area contributed by atoms with Gasteiger partial charge in [0.2, 0.25) is 0 Å². The van der Waals surface area contributed by atoms with E-state index >= 15 is 0 Å². The van der Waals surface area contributed by atoms with E-state index in [4.69, 9.17) is 4.74 Å². The van der Waals surface area contributed by atoms with Gasteiger partial charge in [0.05, 0.1) is 19.2 Å². The van der Waals surface area contributed by atoms with Crippen LogP contribution in [-0.2, 0) is 6.54 Å². The van der Waals surface area contributed by atoms with Gasteiger partial charge in [0.1, 0.15) is 17.4 Å². The second-order valence-electron chi connectivity index (χ2n) is 4.91. The van der Waals surface area contributed by atoms with Crippen molar-refractivity contribution in [1.82, 2.24) is 14.5 Å². The fourth-order valence-electron chi connectivity index (χ4n) is 2.41. The van der Waals surface area contributed by atoms with E-state index in [1.165, 1.54) is 0 Å². The van der Waals surface area contributed by atoms with Gasteiger partial charge in [0.25, 0.3) is 0 Å². The summed E-state index contributed by atoms with van der Waals surface area (Å²) in [7, 11) is 3.55. The molecular formula is C16H18N4O. The minimum absolute atomic E-state index is 0.747. The minimum atomic E-state index is 0.747. The van der Waals surface area contributed by atoms with E-state index in [0.29, 0.717) is 0 Å². The molecule has 0 unspecified atom stereocenters. The van der Waals surface area contributed by atoms with Gasteiger partial charge < -0.3 is 14.6 Å². The number of benzene rings is 1. The zero-order valence-electron chi connectivity index (χ0n) is 12.4. The molecule has 0 saturated carbocycles. The number of anilines is 1. The smallest absolute Gasteiger partial charge is 0.131 e. The number of nitrogens with one attached hydrogen (secondary N) is 1. The normalized spacial score (nSPS) is 10.8. The van der Waals surface area contributed by atoms with Gasteiger partial charge >= 0.3 is 0 Å². The summed E-state index contributed by atoms with van der Waals surface area (Å²) in [6, 6.07) is 8.09. The topological polar surface area (TPSA) is 52.0 Å². The van der Waals surface area contributed by atoms with Crippen molar-refractivity contribution in [3.8, 4) is 5.75 Å². The van der Waals surface area contributed by atoms with Crippen molar-refractivity contribution in [2.75, 3.05) is 19.5 Å². The van der Waals surface area contributed by atoms with Crippen LogP contribution in [0.2, 0.25) is 0 Å². The van der Waals surface area contributed by atoms with Gasteiger partial charge in [-0.1, -0.05) is 0 Å². The molecule has 0 saturated heterocycles. The van der Waals surface area contributed by atoms with Crippen molar-refractivity contribution in [2.45, 2.75) is 13.5 Å². The Morgan fingerprint density at radius 1 is 1.29 bits per heavy atom. The van der Waals surface area contributed by atoms with Gasteiger partial charge in [-0.2, -0.15) is 0 Å². The fraction of sp³-hybridized carbons (Fsp3) is 0.250. The van der Waals surface area contributed by atoms with E-state index < -0.39 is 0 Å². The lowest BCUT2D eigenvalue weighted by Crippen LogP contribution is -2.06. The van der Waals surface area contributed by atoms with Crippen molar-refractivity contribution in [2.24, 2.45) is 0 Å². The number of hydrogen-bond acceptors (Lipinski definition) is 4. The molecule has 5 nitrogen and oxygen atoms in total. The van der Waals surface area contributed by atoms with Crippen LogP contribution in [0, 0.1) is 6.92 Å². The van der Waals surface area contributed by atoms with Gasteiger partial charge in [0.15, 0.2) is 0 Å². The lowest BCUT2D eigenvalue weighted by Gasteiger charge is -2.12. The molecule has 0 aliphatic heterocycles. The molecular weight excluding hydrogens is 264 g/mol. The third kappa shape index (κ3) is 2.54.